The number of rotatable bonds is 6. The van der Waals surface area contributed by atoms with Crippen LogP contribution in [-0.2, 0) is 6.42 Å². The molecule has 2 heterocycles. The van der Waals surface area contributed by atoms with Crippen LogP contribution in [0.5, 0.6) is 11.5 Å². The Morgan fingerprint density at radius 2 is 1.58 bits per heavy atom. The number of halogens is 3. The molecule has 0 spiro atoms. The SMILES string of the molecule is Cl.Cl.NCCc1ccc(Oc2ccc(F)c(C(=O)N3CCN(c4ccncc4)CC3)c2)cc1. The largest absolute Gasteiger partial charge is 0.457 e. The summed E-state index contributed by atoms with van der Waals surface area (Å²) < 4.78 is 20.3. The summed E-state index contributed by atoms with van der Waals surface area (Å²) in [5.74, 6) is 0.173. The van der Waals surface area contributed by atoms with E-state index in [2.05, 4.69) is 9.88 Å². The van der Waals surface area contributed by atoms with Gasteiger partial charge < -0.3 is 20.3 Å². The Balaban J connectivity index is 0.00000193. The number of amides is 1. The van der Waals surface area contributed by atoms with Gasteiger partial charge in [-0.05, 0) is 61.0 Å². The fourth-order valence-electron chi connectivity index (χ4n) is 3.65. The van der Waals surface area contributed by atoms with E-state index in [0.717, 1.165) is 17.7 Å². The van der Waals surface area contributed by atoms with Crippen LogP contribution >= 0.6 is 24.8 Å². The maximum atomic E-state index is 14.5. The molecule has 0 bridgehead atoms. The predicted octanol–water partition coefficient (Wildman–Crippen LogP) is 4.32. The molecule has 1 aromatic heterocycles. The number of pyridine rings is 1. The topological polar surface area (TPSA) is 71.7 Å². The molecule has 176 valence electrons. The van der Waals surface area contributed by atoms with Crippen LogP contribution in [0.15, 0.2) is 67.0 Å². The Labute approximate surface area is 205 Å². The molecule has 1 aliphatic heterocycles. The van der Waals surface area contributed by atoms with Crippen LogP contribution in [0.25, 0.3) is 0 Å². The Kier molecular flexibility index (Phi) is 9.91. The zero-order valence-electron chi connectivity index (χ0n) is 18.0. The highest BCUT2D eigenvalue weighted by Crippen LogP contribution is 2.25. The number of piperazine rings is 1. The number of carbonyl (C=O) groups excluding carboxylic acids is 1. The van der Waals surface area contributed by atoms with Gasteiger partial charge in [0.2, 0.25) is 0 Å². The molecule has 33 heavy (non-hydrogen) atoms. The molecule has 4 rings (SSSR count). The first kappa shape index (κ1) is 26.4. The summed E-state index contributed by atoms with van der Waals surface area (Å²) in [6, 6.07) is 15.7. The van der Waals surface area contributed by atoms with Gasteiger partial charge in [-0.2, -0.15) is 0 Å². The van der Waals surface area contributed by atoms with Crippen LogP contribution in [0, 0.1) is 5.82 Å². The molecule has 6 nitrogen and oxygen atoms in total. The molecular weight excluding hydrogens is 466 g/mol. The third-order valence-electron chi connectivity index (χ3n) is 5.36. The summed E-state index contributed by atoms with van der Waals surface area (Å²) in [6.45, 7) is 2.99. The molecule has 1 fully saturated rings. The average molecular weight is 493 g/mol. The Morgan fingerprint density at radius 1 is 0.939 bits per heavy atom. The van der Waals surface area contributed by atoms with E-state index in [1.54, 1.807) is 17.3 Å². The number of aromatic nitrogens is 1. The minimum Gasteiger partial charge on any atom is -0.457 e. The minimum absolute atomic E-state index is 0. The summed E-state index contributed by atoms with van der Waals surface area (Å²) in [6.07, 6.45) is 4.29. The smallest absolute Gasteiger partial charge is 0.257 e. The van der Waals surface area contributed by atoms with Crippen molar-refractivity contribution in [2.45, 2.75) is 6.42 Å². The van der Waals surface area contributed by atoms with Crippen LogP contribution in [0.4, 0.5) is 10.1 Å². The Morgan fingerprint density at radius 3 is 2.21 bits per heavy atom. The summed E-state index contributed by atoms with van der Waals surface area (Å²) in [5, 5.41) is 0. The highest BCUT2D eigenvalue weighted by molar-refractivity contribution is 5.95. The van der Waals surface area contributed by atoms with E-state index in [1.807, 2.05) is 36.4 Å². The van der Waals surface area contributed by atoms with E-state index in [1.165, 1.54) is 18.2 Å². The fourth-order valence-corrected chi connectivity index (χ4v) is 3.65. The molecule has 3 aromatic rings. The maximum Gasteiger partial charge on any atom is 0.257 e. The lowest BCUT2D eigenvalue weighted by Crippen LogP contribution is -2.49. The van der Waals surface area contributed by atoms with Crippen molar-refractivity contribution in [2.24, 2.45) is 5.73 Å². The minimum atomic E-state index is -0.549. The van der Waals surface area contributed by atoms with E-state index in [-0.39, 0.29) is 36.3 Å². The van der Waals surface area contributed by atoms with Crippen molar-refractivity contribution < 1.29 is 13.9 Å². The lowest BCUT2D eigenvalue weighted by atomic mass is 10.1. The number of hydrogen-bond acceptors (Lipinski definition) is 5. The molecule has 0 saturated carbocycles. The van der Waals surface area contributed by atoms with Crippen molar-refractivity contribution in [1.82, 2.24) is 9.88 Å². The van der Waals surface area contributed by atoms with Crippen molar-refractivity contribution in [3.8, 4) is 11.5 Å². The van der Waals surface area contributed by atoms with E-state index in [0.29, 0.717) is 44.2 Å². The maximum absolute atomic E-state index is 14.5. The quantitative estimate of drug-likeness (QED) is 0.554. The molecular formula is C24H27Cl2FN4O2. The average Bonchev–Trinajstić information content (AvgIpc) is 2.82. The van der Waals surface area contributed by atoms with Crippen molar-refractivity contribution in [3.63, 3.8) is 0 Å². The van der Waals surface area contributed by atoms with Crippen molar-refractivity contribution in [2.75, 3.05) is 37.6 Å². The number of hydrogen-bond donors (Lipinski definition) is 1. The van der Waals surface area contributed by atoms with Gasteiger partial charge in [-0.25, -0.2) is 4.39 Å². The second kappa shape index (κ2) is 12.4. The molecule has 1 aliphatic rings. The second-order valence-corrected chi connectivity index (χ2v) is 7.41. The Bertz CT molecular complexity index is 1030. The van der Waals surface area contributed by atoms with E-state index < -0.39 is 5.82 Å². The predicted molar refractivity (Wildman–Crippen MR) is 133 cm³/mol. The number of carbonyl (C=O) groups is 1. The molecule has 0 aliphatic carbocycles. The normalized spacial score (nSPS) is 13.0. The first-order chi connectivity index (χ1) is 15.1. The molecule has 1 saturated heterocycles. The zero-order valence-corrected chi connectivity index (χ0v) is 19.7. The van der Waals surface area contributed by atoms with E-state index in [4.69, 9.17) is 10.5 Å². The van der Waals surface area contributed by atoms with Crippen molar-refractivity contribution in [3.05, 3.63) is 83.9 Å². The summed E-state index contributed by atoms with van der Waals surface area (Å²) in [7, 11) is 0. The first-order valence-corrected chi connectivity index (χ1v) is 10.3. The van der Waals surface area contributed by atoms with Gasteiger partial charge in [-0.3, -0.25) is 9.78 Å². The fraction of sp³-hybridized carbons (Fsp3) is 0.250. The number of ether oxygens (including phenoxy) is 1. The summed E-state index contributed by atoms with van der Waals surface area (Å²) >= 11 is 0. The van der Waals surface area contributed by atoms with Crippen LogP contribution in [0.2, 0.25) is 0 Å². The van der Waals surface area contributed by atoms with Gasteiger partial charge in [-0.15, -0.1) is 24.8 Å². The Hall–Kier alpha value is -2.87. The van der Waals surface area contributed by atoms with Gasteiger partial charge in [0.15, 0.2) is 0 Å². The summed E-state index contributed by atoms with van der Waals surface area (Å²) in [5.41, 5.74) is 7.79. The van der Waals surface area contributed by atoms with Gasteiger partial charge >= 0.3 is 0 Å². The number of nitrogens with zero attached hydrogens (tertiary/aromatic N) is 3. The van der Waals surface area contributed by atoms with Gasteiger partial charge in [0, 0.05) is 44.3 Å². The molecule has 0 radical (unpaired) electrons. The second-order valence-electron chi connectivity index (χ2n) is 7.41. The van der Waals surface area contributed by atoms with Crippen LogP contribution in [0.3, 0.4) is 0 Å². The van der Waals surface area contributed by atoms with Crippen molar-refractivity contribution >= 4 is 36.4 Å². The van der Waals surface area contributed by atoms with Crippen LogP contribution in [0.1, 0.15) is 15.9 Å². The van der Waals surface area contributed by atoms with Crippen LogP contribution < -0.4 is 15.4 Å². The van der Waals surface area contributed by atoms with Gasteiger partial charge in [0.25, 0.3) is 5.91 Å². The van der Waals surface area contributed by atoms with Gasteiger partial charge in [-0.1, -0.05) is 12.1 Å². The molecule has 1 amide bonds. The standard InChI is InChI=1S/C24H25FN4O2.2ClH/c25-23-6-5-21(31-20-3-1-18(2-4-20)7-10-26)17-22(23)24(30)29-15-13-28(14-16-29)19-8-11-27-12-9-19;;/h1-6,8-9,11-12,17H,7,10,13-16,26H2;2*1H. The van der Waals surface area contributed by atoms with Crippen LogP contribution in [-0.4, -0.2) is 48.5 Å². The molecule has 2 aromatic carbocycles. The highest BCUT2D eigenvalue weighted by atomic mass is 35.5. The third-order valence-corrected chi connectivity index (χ3v) is 5.36. The summed E-state index contributed by atoms with van der Waals surface area (Å²) in [4.78, 5) is 20.9. The van der Waals surface area contributed by atoms with E-state index >= 15 is 0 Å². The van der Waals surface area contributed by atoms with E-state index in [9.17, 15) is 9.18 Å². The molecule has 9 heteroatoms. The lowest BCUT2D eigenvalue weighted by molar-refractivity contribution is 0.0741. The number of nitrogens with two attached hydrogens (primary N) is 1. The third kappa shape index (κ3) is 6.57. The molecule has 0 unspecified atom stereocenters. The molecule has 0 atom stereocenters. The zero-order chi connectivity index (χ0) is 21.6. The number of anilines is 1. The number of benzene rings is 2. The first-order valence-electron chi connectivity index (χ1n) is 10.3. The highest BCUT2D eigenvalue weighted by Gasteiger charge is 2.24. The lowest BCUT2D eigenvalue weighted by Gasteiger charge is -2.36. The monoisotopic (exact) mass is 492 g/mol. The van der Waals surface area contributed by atoms with Crippen molar-refractivity contribution in [1.29, 1.82) is 0 Å². The van der Waals surface area contributed by atoms with Gasteiger partial charge in [0.05, 0.1) is 5.56 Å². The molecule has 2 N–H and O–H groups in total. The van der Waals surface area contributed by atoms with Gasteiger partial charge in [0.1, 0.15) is 17.3 Å².